The predicted octanol–water partition coefficient (Wildman–Crippen LogP) is 1.44. The zero-order chi connectivity index (χ0) is 12.0. The lowest BCUT2D eigenvalue weighted by Crippen LogP contribution is -2.15. The fraction of sp³-hybridized carbons (Fsp3) is 0.455. The summed E-state index contributed by atoms with van der Waals surface area (Å²) in [4.78, 5) is 4.44. The summed E-state index contributed by atoms with van der Waals surface area (Å²) in [7, 11) is 1.66. The van der Waals surface area contributed by atoms with Crippen LogP contribution in [0.2, 0.25) is 0 Å². The molecule has 1 rings (SSSR count). The van der Waals surface area contributed by atoms with Crippen molar-refractivity contribution in [2.45, 2.75) is 13.3 Å². The standard InChI is InChI=1S/C11H16N2O2S/c1-8-4-5-13-11(9(8)10(12)16)15-7-3-6-14-2/h4-5H,3,6-7H2,1-2H3,(H2,12,16). The molecule has 1 aromatic heterocycles. The van der Waals surface area contributed by atoms with Gasteiger partial charge in [0.25, 0.3) is 0 Å². The first-order valence-electron chi connectivity index (χ1n) is 5.04. The van der Waals surface area contributed by atoms with Crippen molar-refractivity contribution in [1.29, 1.82) is 0 Å². The number of aromatic nitrogens is 1. The van der Waals surface area contributed by atoms with Crippen molar-refractivity contribution in [3.05, 3.63) is 23.4 Å². The molecular formula is C11H16N2O2S. The highest BCUT2D eigenvalue weighted by Crippen LogP contribution is 2.18. The molecule has 0 unspecified atom stereocenters. The van der Waals surface area contributed by atoms with Crippen LogP contribution in [-0.2, 0) is 4.74 Å². The highest BCUT2D eigenvalue weighted by atomic mass is 32.1. The van der Waals surface area contributed by atoms with Crippen LogP contribution in [0.25, 0.3) is 0 Å². The Bertz CT molecular complexity index is 369. The Morgan fingerprint density at radius 3 is 2.88 bits per heavy atom. The molecule has 0 spiro atoms. The SMILES string of the molecule is COCCCOc1nccc(C)c1C(N)=S. The molecule has 1 aromatic rings. The van der Waals surface area contributed by atoms with Crippen LogP contribution in [0.5, 0.6) is 5.88 Å². The molecule has 2 N–H and O–H groups in total. The zero-order valence-corrected chi connectivity index (χ0v) is 10.3. The molecule has 5 heteroatoms. The molecule has 0 saturated carbocycles. The van der Waals surface area contributed by atoms with Crippen molar-refractivity contribution in [2.75, 3.05) is 20.3 Å². The first kappa shape index (κ1) is 12.9. The predicted molar refractivity (Wildman–Crippen MR) is 66.8 cm³/mol. The molecule has 1 heterocycles. The van der Waals surface area contributed by atoms with Crippen molar-refractivity contribution >= 4 is 17.2 Å². The zero-order valence-electron chi connectivity index (χ0n) is 9.53. The number of nitrogens with two attached hydrogens (primary N) is 1. The minimum Gasteiger partial charge on any atom is -0.477 e. The highest BCUT2D eigenvalue weighted by molar-refractivity contribution is 7.80. The van der Waals surface area contributed by atoms with E-state index in [9.17, 15) is 0 Å². The number of nitrogens with zero attached hydrogens (tertiary/aromatic N) is 1. The molecule has 16 heavy (non-hydrogen) atoms. The van der Waals surface area contributed by atoms with Gasteiger partial charge in [-0.2, -0.15) is 0 Å². The summed E-state index contributed by atoms with van der Waals surface area (Å²) in [6.45, 7) is 3.13. The van der Waals surface area contributed by atoms with Gasteiger partial charge in [-0.1, -0.05) is 12.2 Å². The van der Waals surface area contributed by atoms with Crippen molar-refractivity contribution in [3.63, 3.8) is 0 Å². The Balaban J connectivity index is 2.71. The Morgan fingerprint density at radius 1 is 1.50 bits per heavy atom. The molecule has 0 aliphatic carbocycles. The molecule has 0 saturated heterocycles. The second-order valence-electron chi connectivity index (χ2n) is 3.37. The lowest BCUT2D eigenvalue weighted by atomic mass is 10.1. The van der Waals surface area contributed by atoms with Gasteiger partial charge in [0.15, 0.2) is 0 Å². The summed E-state index contributed by atoms with van der Waals surface area (Å²) in [6, 6.07) is 1.86. The van der Waals surface area contributed by atoms with Gasteiger partial charge in [-0.3, -0.25) is 0 Å². The minimum atomic E-state index is 0.312. The van der Waals surface area contributed by atoms with Gasteiger partial charge in [-0.05, 0) is 18.6 Å². The molecule has 4 nitrogen and oxygen atoms in total. The molecule has 0 aliphatic heterocycles. The van der Waals surface area contributed by atoms with E-state index in [1.165, 1.54) is 0 Å². The summed E-state index contributed by atoms with van der Waals surface area (Å²) < 4.78 is 10.5. The van der Waals surface area contributed by atoms with E-state index in [4.69, 9.17) is 27.4 Å². The maximum Gasteiger partial charge on any atom is 0.223 e. The molecule has 0 bridgehead atoms. The van der Waals surface area contributed by atoms with E-state index in [0.717, 1.165) is 17.5 Å². The van der Waals surface area contributed by atoms with Crippen molar-refractivity contribution in [2.24, 2.45) is 5.73 Å². The van der Waals surface area contributed by atoms with Crippen LogP contribution < -0.4 is 10.5 Å². The first-order chi connectivity index (χ1) is 7.66. The van der Waals surface area contributed by atoms with E-state index in [2.05, 4.69) is 4.98 Å². The Hall–Kier alpha value is -1.20. The summed E-state index contributed by atoms with van der Waals surface area (Å²) in [5, 5.41) is 0. The largest absolute Gasteiger partial charge is 0.477 e. The number of hydrogen-bond acceptors (Lipinski definition) is 4. The fourth-order valence-corrected chi connectivity index (χ4v) is 1.56. The van der Waals surface area contributed by atoms with Gasteiger partial charge in [0, 0.05) is 26.3 Å². The van der Waals surface area contributed by atoms with Crippen LogP contribution in [0.4, 0.5) is 0 Å². The summed E-state index contributed by atoms with van der Waals surface area (Å²) in [5.74, 6) is 0.503. The molecule has 0 radical (unpaired) electrons. The average molecular weight is 240 g/mol. The third-order valence-corrected chi connectivity index (χ3v) is 2.31. The van der Waals surface area contributed by atoms with Gasteiger partial charge in [0.05, 0.1) is 12.2 Å². The van der Waals surface area contributed by atoms with Crippen molar-refractivity contribution < 1.29 is 9.47 Å². The van der Waals surface area contributed by atoms with E-state index in [0.29, 0.717) is 24.1 Å². The molecule has 0 aliphatic rings. The fourth-order valence-electron chi connectivity index (χ4n) is 1.31. The van der Waals surface area contributed by atoms with Gasteiger partial charge >= 0.3 is 0 Å². The van der Waals surface area contributed by atoms with Crippen LogP contribution in [0.1, 0.15) is 17.5 Å². The van der Waals surface area contributed by atoms with E-state index in [1.54, 1.807) is 13.3 Å². The van der Waals surface area contributed by atoms with Gasteiger partial charge in [-0.15, -0.1) is 0 Å². The number of hydrogen-bond donors (Lipinski definition) is 1. The van der Waals surface area contributed by atoms with Gasteiger partial charge in [0.1, 0.15) is 4.99 Å². The highest BCUT2D eigenvalue weighted by Gasteiger charge is 2.10. The van der Waals surface area contributed by atoms with Crippen LogP contribution in [0.3, 0.4) is 0 Å². The Morgan fingerprint density at radius 2 is 2.25 bits per heavy atom. The van der Waals surface area contributed by atoms with Crippen molar-refractivity contribution in [3.8, 4) is 5.88 Å². The maximum absolute atomic E-state index is 5.63. The smallest absolute Gasteiger partial charge is 0.223 e. The number of thiocarbonyl (C=S) groups is 1. The maximum atomic E-state index is 5.63. The van der Waals surface area contributed by atoms with Crippen LogP contribution in [-0.4, -0.2) is 30.3 Å². The van der Waals surface area contributed by atoms with E-state index < -0.39 is 0 Å². The monoisotopic (exact) mass is 240 g/mol. The topological polar surface area (TPSA) is 57.4 Å². The minimum absolute atomic E-state index is 0.312. The second kappa shape index (κ2) is 6.40. The van der Waals surface area contributed by atoms with Crippen LogP contribution >= 0.6 is 12.2 Å². The Kier molecular flexibility index (Phi) is 5.14. The molecule has 0 atom stereocenters. The van der Waals surface area contributed by atoms with E-state index >= 15 is 0 Å². The van der Waals surface area contributed by atoms with E-state index in [1.807, 2.05) is 13.0 Å². The Labute approximate surface area is 101 Å². The summed E-state index contributed by atoms with van der Waals surface area (Å²) in [6.07, 6.45) is 2.49. The van der Waals surface area contributed by atoms with Gasteiger partial charge in [0.2, 0.25) is 5.88 Å². The van der Waals surface area contributed by atoms with E-state index in [-0.39, 0.29) is 0 Å². The molecule has 0 aromatic carbocycles. The van der Waals surface area contributed by atoms with Crippen LogP contribution in [0.15, 0.2) is 12.3 Å². The number of ether oxygens (including phenoxy) is 2. The number of rotatable bonds is 6. The quantitative estimate of drug-likeness (QED) is 0.602. The number of methoxy groups -OCH3 is 1. The summed E-state index contributed by atoms with van der Waals surface area (Å²) in [5.41, 5.74) is 7.33. The van der Waals surface area contributed by atoms with Gasteiger partial charge in [-0.25, -0.2) is 4.98 Å². The first-order valence-corrected chi connectivity index (χ1v) is 5.44. The molecular weight excluding hydrogens is 224 g/mol. The normalized spacial score (nSPS) is 10.1. The second-order valence-corrected chi connectivity index (χ2v) is 3.81. The van der Waals surface area contributed by atoms with Crippen molar-refractivity contribution in [1.82, 2.24) is 4.98 Å². The molecule has 88 valence electrons. The van der Waals surface area contributed by atoms with Gasteiger partial charge < -0.3 is 15.2 Å². The third-order valence-electron chi connectivity index (χ3n) is 2.10. The van der Waals surface area contributed by atoms with Crippen LogP contribution in [0, 0.1) is 6.92 Å². The lowest BCUT2D eigenvalue weighted by Gasteiger charge is -2.11. The lowest BCUT2D eigenvalue weighted by molar-refractivity contribution is 0.170. The third kappa shape index (κ3) is 3.43. The summed E-state index contributed by atoms with van der Waals surface area (Å²) >= 11 is 4.97. The average Bonchev–Trinajstić information content (AvgIpc) is 2.24. The molecule has 0 fully saturated rings. The number of pyridine rings is 1. The number of aryl methyl sites for hydroxylation is 1. The molecule has 0 amide bonds.